The zero-order valence-corrected chi connectivity index (χ0v) is 13.4. The molecule has 1 aromatic heterocycles. The Morgan fingerprint density at radius 1 is 1.29 bits per heavy atom. The Balaban J connectivity index is 1.98. The van der Waals surface area contributed by atoms with Gasteiger partial charge in [0.15, 0.2) is 0 Å². The van der Waals surface area contributed by atoms with Crippen LogP contribution in [0.2, 0.25) is 0 Å². The number of hydrogen-bond donors (Lipinski definition) is 1. The first-order valence-corrected chi connectivity index (χ1v) is 7.84. The Labute approximate surface area is 123 Å². The van der Waals surface area contributed by atoms with Crippen molar-refractivity contribution in [1.82, 2.24) is 5.32 Å². The zero-order chi connectivity index (χ0) is 12.3. The van der Waals surface area contributed by atoms with Gasteiger partial charge in [0.2, 0.25) is 0 Å². The fraction of sp³-hybridized carbons (Fsp3) is 0.231. The quantitative estimate of drug-likeness (QED) is 0.782. The summed E-state index contributed by atoms with van der Waals surface area (Å²) < 4.78 is 2.32. The topological polar surface area (TPSA) is 12.0 Å². The maximum atomic E-state index is 3.58. The second-order valence-corrected chi connectivity index (χ2v) is 6.62. The molecule has 1 heterocycles. The highest BCUT2D eigenvalue weighted by Gasteiger charge is 2.08. The monoisotopic (exact) mass is 373 g/mol. The first-order chi connectivity index (χ1) is 8.16. The van der Waals surface area contributed by atoms with E-state index in [-0.39, 0.29) is 0 Å². The molecule has 1 unspecified atom stereocenters. The lowest BCUT2D eigenvalue weighted by Gasteiger charge is -2.15. The molecule has 0 aliphatic carbocycles. The van der Waals surface area contributed by atoms with E-state index in [1.807, 2.05) is 6.07 Å². The van der Waals surface area contributed by atoms with Crippen LogP contribution in [0.5, 0.6) is 0 Å². The Morgan fingerprint density at radius 2 is 2.06 bits per heavy atom. The Kier molecular flexibility index (Phi) is 4.79. The van der Waals surface area contributed by atoms with Crippen molar-refractivity contribution >= 4 is 43.2 Å². The molecular formula is C13H13Br2NS. The van der Waals surface area contributed by atoms with Crippen LogP contribution in [0.3, 0.4) is 0 Å². The molecule has 90 valence electrons. The number of rotatable bonds is 4. The van der Waals surface area contributed by atoms with Gasteiger partial charge >= 0.3 is 0 Å². The lowest BCUT2D eigenvalue weighted by molar-refractivity contribution is 0.577. The lowest BCUT2D eigenvalue weighted by atomic mass is 10.1. The molecule has 0 aliphatic rings. The molecule has 0 saturated carbocycles. The van der Waals surface area contributed by atoms with Crippen LogP contribution in [0.4, 0.5) is 0 Å². The molecule has 17 heavy (non-hydrogen) atoms. The van der Waals surface area contributed by atoms with Crippen molar-refractivity contribution in [3.63, 3.8) is 0 Å². The number of halogens is 2. The average molecular weight is 375 g/mol. The predicted octanol–water partition coefficient (Wildman–Crippen LogP) is 5.12. The van der Waals surface area contributed by atoms with Crippen molar-refractivity contribution in [2.45, 2.75) is 19.5 Å². The van der Waals surface area contributed by atoms with Gasteiger partial charge in [0.25, 0.3) is 0 Å². The van der Waals surface area contributed by atoms with Gasteiger partial charge in [-0.3, -0.25) is 0 Å². The van der Waals surface area contributed by atoms with E-state index < -0.39 is 0 Å². The van der Waals surface area contributed by atoms with E-state index in [4.69, 9.17) is 0 Å². The van der Waals surface area contributed by atoms with Crippen LogP contribution in [-0.4, -0.2) is 0 Å². The fourth-order valence-corrected chi connectivity index (χ4v) is 3.67. The maximum Gasteiger partial charge on any atom is 0.0306 e. The second kappa shape index (κ2) is 6.14. The summed E-state index contributed by atoms with van der Waals surface area (Å²) in [4.78, 5) is 1.34. The molecular weight excluding hydrogens is 362 g/mol. The highest BCUT2D eigenvalue weighted by atomic mass is 79.9. The van der Waals surface area contributed by atoms with Gasteiger partial charge in [-0.05, 0) is 40.5 Å². The first-order valence-electron chi connectivity index (χ1n) is 5.37. The third-order valence-electron chi connectivity index (χ3n) is 2.58. The minimum atomic E-state index is 0.339. The summed E-state index contributed by atoms with van der Waals surface area (Å²) in [5, 5.41) is 5.64. The highest BCUT2D eigenvalue weighted by Crippen LogP contribution is 2.24. The molecule has 2 rings (SSSR count). The van der Waals surface area contributed by atoms with Crippen LogP contribution in [0.15, 0.2) is 44.7 Å². The normalized spacial score (nSPS) is 12.6. The van der Waals surface area contributed by atoms with E-state index in [1.165, 1.54) is 10.4 Å². The average Bonchev–Trinajstić information content (AvgIpc) is 2.73. The predicted molar refractivity (Wildman–Crippen MR) is 81.4 cm³/mol. The van der Waals surface area contributed by atoms with E-state index in [9.17, 15) is 0 Å². The van der Waals surface area contributed by atoms with Crippen LogP contribution in [0.1, 0.15) is 23.4 Å². The standard InChI is InChI=1S/C13H13Br2NS/c1-9(12-4-2-3-5-13(12)15)16-7-11-6-10(14)8-17-11/h2-6,8-9,16H,7H2,1H3. The van der Waals surface area contributed by atoms with Crippen LogP contribution in [0, 0.1) is 0 Å². The zero-order valence-electron chi connectivity index (χ0n) is 9.41. The van der Waals surface area contributed by atoms with Gasteiger partial charge in [-0.25, -0.2) is 0 Å². The molecule has 0 bridgehead atoms. The molecule has 0 radical (unpaired) electrons. The molecule has 1 atom stereocenters. The van der Waals surface area contributed by atoms with Crippen LogP contribution in [0.25, 0.3) is 0 Å². The summed E-state index contributed by atoms with van der Waals surface area (Å²) in [6.45, 7) is 3.08. The minimum absolute atomic E-state index is 0.339. The molecule has 4 heteroatoms. The van der Waals surface area contributed by atoms with Gasteiger partial charge < -0.3 is 5.32 Å². The molecule has 1 aromatic carbocycles. The summed E-state index contributed by atoms with van der Waals surface area (Å²) >= 11 is 8.82. The van der Waals surface area contributed by atoms with E-state index in [2.05, 4.69) is 73.7 Å². The summed E-state index contributed by atoms with van der Waals surface area (Å²) in [7, 11) is 0. The number of hydrogen-bond acceptors (Lipinski definition) is 2. The van der Waals surface area contributed by atoms with Gasteiger partial charge in [-0.15, -0.1) is 11.3 Å². The number of thiophene rings is 1. The highest BCUT2D eigenvalue weighted by molar-refractivity contribution is 9.10. The summed E-state index contributed by atoms with van der Waals surface area (Å²) in [6.07, 6.45) is 0. The maximum absolute atomic E-state index is 3.58. The van der Waals surface area contributed by atoms with Crippen LogP contribution < -0.4 is 5.32 Å². The molecule has 0 fully saturated rings. The summed E-state index contributed by atoms with van der Waals surface area (Å²) in [5.41, 5.74) is 1.29. The molecule has 0 spiro atoms. The molecule has 0 saturated heterocycles. The number of benzene rings is 1. The molecule has 0 aliphatic heterocycles. The SMILES string of the molecule is CC(NCc1cc(Br)cs1)c1ccccc1Br. The van der Waals surface area contributed by atoms with Gasteiger partial charge in [-0.1, -0.05) is 34.1 Å². The summed E-state index contributed by atoms with van der Waals surface area (Å²) in [6, 6.07) is 10.8. The largest absolute Gasteiger partial charge is 0.305 e. The van der Waals surface area contributed by atoms with Gasteiger partial charge in [0.1, 0.15) is 0 Å². The minimum Gasteiger partial charge on any atom is -0.305 e. The first kappa shape index (κ1) is 13.3. The smallest absolute Gasteiger partial charge is 0.0306 e. The van der Waals surface area contributed by atoms with Gasteiger partial charge in [0, 0.05) is 31.8 Å². The Bertz CT molecular complexity index is 496. The van der Waals surface area contributed by atoms with Crippen molar-refractivity contribution in [3.8, 4) is 0 Å². The molecule has 0 amide bonds. The lowest BCUT2D eigenvalue weighted by Crippen LogP contribution is -2.17. The molecule has 2 aromatic rings. The van der Waals surface area contributed by atoms with Crippen molar-refractivity contribution in [2.24, 2.45) is 0 Å². The van der Waals surface area contributed by atoms with Crippen molar-refractivity contribution in [1.29, 1.82) is 0 Å². The fourth-order valence-electron chi connectivity index (χ4n) is 1.64. The van der Waals surface area contributed by atoms with Crippen LogP contribution >= 0.6 is 43.2 Å². The van der Waals surface area contributed by atoms with E-state index in [1.54, 1.807) is 11.3 Å². The Hall–Kier alpha value is -0.160. The van der Waals surface area contributed by atoms with Crippen molar-refractivity contribution in [3.05, 3.63) is 55.1 Å². The van der Waals surface area contributed by atoms with Crippen molar-refractivity contribution in [2.75, 3.05) is 0 Å². The Morgan fingerprint density at radius 3 is 2.71 bits per heavy atom. The van der Waals surface area contributed by atoms with Gasteiger partial charge in [0.05, 0.1) is 0 Å². The van der Waals surface area contributed by atoms with Gasteiger partial charge in [-0.2, -0.15) is 0 Å². The van der Waals surface area contributed by atoms with E-state index in [0.717, 1.165) is 15.5 Å². The van der Waals surface area contributed by atoms with E-state index >= 15 is 0 Å². The third kappa shape index (κ3) is 3.65. The van der Waals surface area contributed by atoms with E-state index in [0.29, 0.717) is 6.04 Å². The third-order valence-corrected chi connectivity index (χ3v) is 5.00. The second-order valence-electron chi connectivity index (χ2n) is 3.86. The summed E-state index contributed by atoms with van der Waals surface area (Å²) in [5.74, 6) is 0. The molecule has 1 nitrogen and oxygen atoms in total. The van der Waals surface area contributed by atoms with Crippen LogP contribution in [-0.2, 0) is 6.54 Å². The molecule has 1 N–H and O–H groups in total. The van der Waals surface area contributed by atoms with Crippen molar-refractivity contribution < 1.29 is 0 Å². The number of nitrogens with one attached hydrogen (secondary N) is 1.